The van der Waals surface area contributed by atoms with Crippen LogP contribution in [0.5, 0.6) is 0 Å². The maximum atomic E-state index is 12.5. The van der Waals surface area contributed by atoms with Gasteiger partial charge in [-0.05, 0) is 37.2 Å². The number of benzene rings is 1. The number of carbonyl (C=O) groups excluding carboxylic acids is 1. The molecular formula is C18H27NO2. The van der Waals surface area contributed by atoms with Gasteiger partial charge in [0.2, 0.25) is 5.91 Å². The van der Waals surface area contributed by atoms with Crippen LogP contribution < -0.4 is 0 Å². The van der Waals surface area contributed by atoms with E-state index in [1.807, 2.05) is 35.2 Å². The first-order chi connectivity index (χ1) is 9.80. The van der Waals surface area contributed by atoms with Gasteiger partial charge in [-0.2, -0.15) is 0 Å². The second-order valence-electron chi connectivity index (χ2n) is 7.22. The van der Waals surface area contributed by atoms with Crippen LogP contribution in [0.1, 0.15) is 52.0 Å². The van der Waals surface area contributed by atoms with Crippen molar-refractivity contribution >= 4 is 5.91 Å². The Balaban J connectivity index is 2.01. The van der Waals surface area contributed by atoms with Gasteiger partial charge in [-0.15, -0.1) is 0 Å². The Hall–Kier alpha value is -1.35. The molecule has 3 nitrogen and oxygen atoms in total. The van der Waals surface area contributed by atoms with Gasteiger partial charge in [0.1, 0.15) is 0 Å². The summed E-state index contributed by atoms with van der Waals surface area (Å²) in [5, 5.41) is 10.6. The normalized spacial score (nSPS) is 21.4. The van der Waals surface area contributed by atoms with E-state index in [2.05, 4.69) is 13.8 Å². The van der Waals surface area contributed by atoms with Crippen molar-refractivity contribution in [2.45, 2.75) is 52.1 Å². The Morgan fingerprint density at radius 1 is 1.24 bits per heavy atom. The molecule has 1 aromatic rings. The van der Waals surface area contributed by atoms with E-state index < -0.39 is 5.60 Å². The fourth-order valence-electron chi connectivity index (χ4n) is 2.98. The summed E-state index contributed by atoms with van der Waals surface area (Å²) in [7, 11) is 0. The number of likely N-dealkylation sites (tertiary alicyclic amines) is 1. The average Bonchev–Trinajstić information content (AvgIpc) is 2.60. The molecule has 0 radical (unpaired) electrons. The first-order valence-electron chi connectivity index (χ1n) is 7.86. The van der Waals surface area contributed by atoms with E-state index in [0.717, 1.165) is 37.9 Å². The lowest BCUT2D eigenvalue weighted by Crippen LogP contribution is -2.37. The molecule has 0 spiro atoms. The summed E-state index contributed by atoms with van der Waals surface area (Å²) in [5.74, 6) is 0.0570. The van der Waals surface area contributed by atoms with Gasteiger partial charge in [0.15, 0.2) is 0 Å². The molecule has 1 heterocycles. The molecule has 0 aliphatic carbocycles. The molecule has 21 heavy (non-hydrogen) atoms. The molecule has 1 N–H and O–H groups in total. The number of carbonyl (C=O) groups is 1. The zero-order valence-corrected chi connectivity index (χ0v) is 13.4. The van der Waals surface area contributed by atoms with Crippen LogP contribution in [0.2, 0.25) is 0 Å². The van der Waals surface area contributed by atoms with E-state index in [4.69, 9.17) is 0 Å². The van der Waals surface area contributed by atoms with Gasteiger partial charge < -0.3 is 10.0 Å². The van der Waals surface area contributed by atoms with Gasteiger partial charge >= 0.3 is 0 Å². The molecule has 0 bridgehead atoms. The summed E-state index contributed by atoms with van der Waals surface area (Å²) >= 11 is 0. The van der Waals surface area contributed by atoms with Crippen LogP contribution in [0.3, 0.4) is 0 Å². The summed E-state index contributed by atoms with van der Waals surface area (Å²) in [5.41, 5.74) is 0.0189. The fraction of sp³-hybridized carbons (Fsp3) is 0.611. The standard InChI is InChI=1S/C18H27NO2/c1-17(2)10-7-12-19(13-11-17)16(20)14-18(3,21)15-8-5-4-6-9-15/h4-6,8-9,21H,7,10-14H2,1-3H3. The summed E-state index contributed by atoms with van der Waals surface area (Å²) in [6.45, 7) is 7.87. The number of amides is 1. The second-order valence-corrected chi connectivity index (χ2v) is 7.22. The predicted octanol–water partition coefficient (Wildman–Crippen LogP) is 3.32. The summed E-state index contributed by atoms with van der Waals surface area (Å²) in [4.78, 5) is 14.4. The molecule has 1 saturated heterocycles. The number of hydrogen-bond acceptors (Lipinski definition) is 2. The lowest BCUT2D eigenvalue weighted by molar-refractivity contribution is -0.136. The van der Waals surface area contributed by atoms with E-state index in [9.17, 15) is 9.90 Å². The molecule has 1 unspecified atom stereocenters. The minimum atomic E-state index is -1.10. The minimum absolute atomic E-state index is 0.0570. The highest BCUT2D eigenvalue weighted by Crippen LogP contribution is 2.31. The average molecular weight is 289 g/mol. The third-order valence-electron chi connectivity index (χ3n) is 4.58. The number of aliphatic hydroxyl groups is 1. The smallest absolute Gasteiger partial charge is 0.225 e. The van der Waals surface area contributed by atoms with E-state index in [0.29, 0.717) is 5.41 Å². The molecule has 1 aliphatic heterocycles. The van der Waals surface area contributed by atoms with Crippen LogP contribution >= 0.6 is 0 Å². The van der Waals surface area contributed by atoms with Crippen LogP contribution in [0.25, 0.3) is 0 Å². The molecule has 1 aliphatic rings. The first kappa shape index (κ1) is 16.0. The number of nitrogens with zero attached hydrogens (tertiary/aromatic N) is 1. The summed E-state index contributed by atoms with van der Waals surface area (Å²) in [6.07, 6.45) is 3.39. The van der Waals surface area contributed by atoms with Crippen molar-refractivity contribution in [1.82, 2.24) is 4.90 Å². The van der Waals surface area contributed by atoms with Gasteiger partial charge in [-0.25, -0.2) is 0 Å². The summed E-state index contributed by atoms with van der Waals surface area (Å²) in [6, 6.07) is 9.45. The Bertz CT molecular complexity index is 479. The van der Waals surface area contributed by atoms with Crippen LogP contribution in [-0.4, -0.2) is 29.0 Å². The molecular weight excluding hydrogens is 262 g/mol. The van der Waals surface area contributed by atoms with E-state index in [1.165, 1.54) is 0 Å². The molecule has 1 aromatic carbocycles. The van der Waals surface area contributed by atoms with Crippen molar-refractivity contribution < 1.29 is 9.90 Å². The van der Waals surface area contributed by atoms with E-state index >= 15 is 0 Å². The third kappa shape index (κ3) is 4.31. The number of rotatable bonds is 3. The maximum absolute atomic E-state index is 12.5. The molecule has 0 aromatic heterocycles. The van der Waals surface area contributed by atoms with Gasteiger partial charge in [0, 0.05) is 13.1 Å². The third-order valence-corrected chi connectivity index (χ3v) is 4.58. The van der Waals surface area contributed by atoms with Crippen molar-refractivity contribution in [3.63, 3.8) is 0 Å². The highest BCUT2D eigenvalue weighted by molar-refractivity contribution is 5.77. The highest BCUT2D eigenvalue weighted by Gasteiger charge is 2.31. The molecule has 1 amide bonds. The SMILES string of the molecule is CC1(C)CCCN(C(=O)CC(C)(O)c2ccccc2)CC1. The van der Waals surface area contributed by atoms with Crippen molar-refractivity contribution in [2.24, 2.45) is 5.41 Å². The highest BCUT2D eigenvalue weighted by atomic mass is 16.3. The number of hydrogen-bond donors (Lipinski definition) is 1. The minimum Gasteiger partial charge on any atom is -0.385 e. The molecule has 3 heteroatoms. The zero-order chi connectivity index (χ0) is 15.5. The molecule has 1 atom stereocenters. The Labute approximate surface area is 128 Å². The lowest BCUT2D eigenvalue weighted by atomic mass is 9.85. The van der Waals surface area contributed by atoms with Crippen molar-refractivity contribution in [1.29, 1.82) is 0 Å². The maximum Gasteiger partial charge on any atom is 0.225 e. The topological polar surface area (TPSA) is 40.5 Å². The monoisotopic (exact) mass is 289 g/mol. The van der Waals surface area contributed by atoms with Gasteiger partial charge in [-0.3, -0.25) is 4.79 Å². The second kappa shape index (κ2) is 6.18. The van der Waals surface area contributed by atoms with Crippen molar-refractivity contribution in [3.8, 4) is 0 Å². The predicted molar refractivity (Wildman–Crippen MR) is 84.8 cm³/mol. The van der Waals surface area contributed by atoms with E-state index in [1.54, 1.807) is 6.92 Å². The molecule has 116 valence electrons. The lowest BCUT2D eigenvalue weighted by Gasteiger charge is -2.28. The zero-order valence-electron chi connectivity index (χ0n) is 13.4. The van der Waals surface area contributed by atoms with Crippen LogP contribution in [0.4, 0.5) is 0 Å². The van der Waals surface area contributed by atoms with Crippen LogP contribution in [0.15, 0.2) is 30.3 Å². The largest absolute Gasteiger partial charge is 0.385 e. The van der Waals surface area contributed by atoms with Gasteiger partial charge in [0.05, 0.1) is 12.0 Å². The van der Waals surface area contributed by atoms with Crippen molar-refractivity contribution in [2.75, 3.05) is 13.1 Å². The Morgan fingerprint density at radius 2 is 1.90 bits per heavy atom. The summed E-state index contributed by atoms with van der Waals surface area (Å²) < 4.78 is 0. The molecule has 0 saturated carbocycles. The van der Waals surface area contributed by atoms with Crippen LogP contribution in [0, 0.1) is 5.41 Å². The van der Waals surface area contributed by atoms with Gasteiger partial charge in [-0.1, -0.05) is 44.2 Å². The molecule has 2 rings (SSSR count). The Kier molecular flexibility index (Phi) is 4.72. The quantitative estimate of drug-likeness (QED) is 0.927. The van der Waals surface area contributed by atoms with E-state index in [-0.39, 0.29) is 12.3 Å². The van der Waals surface area contributed by atoms with Crippen molar-refractivity contribution in [3.05, 3.63) is 35.9 Å². The Morgan fingerprint density at radius 3 is 2.57 bits per heavy atom. The van der Waals surface area contributed by atoms with Gasteiger partial charge in [0.25, 0.3) is 0 Å². The molecule has 1 fully saturated rings. The van der Waals surface area contributed by atoms with Crippen LogP contribution in [-0.2, 0) is 10.4 Å². The first-order valence-corrected chi connectivity index (χ1v) is 7.86. The fourth-order valence-corrected chi connectivity index (χ4v) is 2.98.